The van der Waals surface area contributed by atoms with Crippen molar-refractivity contribution in [3.63, 3.8) is 0 Å². The molecule has 0 saturated carbocycles. The number of rotatable bonds is 7. The van der Waals surface area contributed by atoms with Crippen molar-refractivity contribution in [2.24, 2.45) is 5.41 Å². The molecule has 0 radical (unpaired) electrons. The lowest BCUT2D eigenvalue weighted by molar-refractivity contribution is -0.160. The van der Waals surface area contributed by atoms with Gasteiger partial charge in [-0.2, -0.15) is 23.5 Å². The molecule has 1 aromatic carbocycles. The first-order valence-corrected chi connectivity index (χ1v) is 12.3. The third kappa shape index (κ3) is 5.81. The van der Waals surface area contributed by atoms with Gasteiger partial charge in [-0.3, -0.25) is 9.69 Å². The van der Waals surface area contributed by atoms with Crippen LogP contribution in [0.4, 0.5) is 0 Å². The van der Waals surface area contributed by atoms with Crippen molar-refractivity contribution in [3.05, 3.63) is 30.3 Å². The number of piperidine rings is 1. The second-order valence-electron chi connectivity index (χ2n) is 7.29. The van der Waals surface area contributed by atoms with Gasteiger partial charge in [0.25, 0.3) is 0 Å². The Labute approximate surface area is 171 Å². The summed E-state index contributed by atoms with van der Waals surface area (Å²) in [5, 5.41) is 0. The number of nitrogens with zero attached hydrogens (tertiary/aromatic N) is 1. The SMILES string of the molecule is CCOC(=O)[C@]1(CCOc2ccccc2)CCCN(C2CSCCSC2)C1. The molecule has 1 aromatic rings. The number of hydrogen-bond acceptors (Lipinski definition) is 6. The Balaban J connectivity index is 1.66. The van der Waals surface area contributed by atoms with Crippen LogP contribution in [0.1, 0.15) is 26.2 Å². The van der Waals surface area contributed by atoms with Gasteiger partial charge in [0, 0.05) is 35.6 Å². The highest BCUT2D eigenvalue weighted by Gasteiger charge is 2.44. The number of ether oxygens (including phenoxy) is 2. The lowest BCUT2D eigenvalue weighted by Crippen LogP contribution is -2.53. The molecule has 2 saturated heterocycles. The molecule has 3 rings (SSSR count). The van der Waals surface area contributed by atoms with Crippen molar-refractivity contribution in [1.29, 1.82) is 0 Å². The van der Waals surface area contributed by atoms with E-state index in [-0.39, 0.29) is 5.97 Å². The van der Waals surface area contributed by atoms with E-state index in [2.05, 4.69) is 4.90 Å². The normalized spacial score (nSPS) is 24.9. The molecule has 0 aromatic heterocycles. The summed E-state index contributed by atoms with van der Waals surface area (Å²) in [6.45, 7) is 4.77. The average Bonchev–Trinajstić information content (AvgIpc) is 2.99. The van der Waals surface area contributed by atoms with Crippen LogP contribution in [-0.2, 0) is 9.53 Å². The Hall–Kier alpha value is -0.850. The van der Waals surface area contributed by atoms with Gasteiger partial charge in [0.2, 0.25) is 0 Å². The van der Waals surface area contributed by atoms with Crippen molar-refractivity contribution in [2.45, 2.75) is 32.2 Å². The molecular weight excluding hydrogens is 378 g/mol. The highest BCUT2D eigenvalue weighted by Crippen LogP contribution is 2.37. The average molecular weight is 410 g/mol. The smallest absolute Gasteiger partial charge is 0.313 e. The predicted molar refractivity (Wildman–Crippen MR) is 115 cm³/mol. The lowest BCUT2D eigenvalue weighted by atomic mass is 9.77. The van der Waals surface area contributed by atoms with Gasteiger partial charge in [0.1, 0.15) is 5.75 Å². The number of carbonyl (C=O) groups excluding carboxylic acids is 1. The molecule has 0 bridgehead atoms. The van der Waals surface area contributed by atoms with E-state index in [1.807, 2.05) is 60.8 Å². The van der Waals surface area contributed by atoms with Gasteiger partial charge in [-0.15, -0.1) is 0 Å². The van der Waals surface area contributed by atoms with E-state index in [0.717, 1.165) is 31.7 Å². The van der Waals surface area contributed by atoms with E-state index in [0.29, 0.717) is 25.7 Å². The molecule has 0 N–H and O–H groups in total. The van der Waals surface area contributed by atoms with Gasteiger partial charge in [0.15, 0.2) is 0 Å². The number of hydrogen-bond donors (Lipinski definition) is 0. The van der Waals surface area contributed by atoms with Crippen LogP contribution in [0.3, 0.4) is 0 Å². The highest BCUT2D eigenvalue weighted by molar-refractivity contribution is 8.03. The number of esters is 1. The molecule has 0 amide bonds. The van der Waals surface area contributed by atoms with E-state index in [9.17, 15) is 4.79 Å². The van der Waals surface area contributed by atoms with Crippen molar-refractivity contribution in [3.8, 4) is 5.75 Å². The Bertz CT molecular complexity index is 578. The molecule has 150 valence electrons. The molecule has 1 atom stereocenters. The molecule has 0 spiro atoms. The summed E-state index contributed by atoms with van der Waals surface area (Å²) in [5.41, 5.74) is -0.440. The van der Waals surface area contributed by atoms with E-state index >= 15 is 0 Å². The summed E-state index contributed by atoms with van der Waals surface area (Å²) in [7, 11) is 0. The zero-order valence-corrected chi connectivity index (χ0v) is 17.9. The van der Waals surface area contributed by atoms with Crippen LogP contribution in [0.15, 0.2) is 30.3 Å². The van der Waals surface area contributed by atoms with Crippen LogP contribution in [-0.4, -0.2) is 66.2 Å². The topological polar surface area (TPSA) is 38.8 Å². The predicted octanol–water partition coefficient (Wildman–Crippen LogP) is 3.95. The zero-order valence-electron chi connectivity index (χ0n) is 16.2. The summed E-state index contributed by atoms with van der Waals surface area (Å²) in [6.07, 6.45) is 2.66. The molecule has 6 heteroatoms. The highest BCUT2D eigenvalue weighted by atomic mass is 32.2. The first-order valence-electron chi connectivity index (χ1n) is 9.98. The lowest BCUT2D eigenvalue weighted by Gasteiger charge is -2.44. The van der Waals surface area contributed by atoms with Crippen LogP contribution in [0.5, 0.6) is 5.75 Å². The fraction of sp³-hybridized carbons (Fsp3) is 0.667. The van der Waals surface area contributed by atoms with Crippen LogP contribution in [0, 0.1) is 5.41 Å². The largest absolute Gasteiger partial charge is 0.494 e. The monoisotopic (exact) mass is 409 g/mol. The molecule has 2 heterocycles. The van der Waals surface area contributed by atoms with Gasteiger partial charge >= 0.3 is 5.97 Å². The fourth-order valence-corrected chi connectivity index (χ4v) is 6.56. The van der Waals surface area contributed by atoms with Crippen molar-refractivity contribution in [1.82, 2.24) is 4.90 Å². The first-order chi connectivity index (χ1) is 13.2. The molecule has 27 heavy (non-hydrogen) atoms. The standard InChI is InChI=1S/C21H31NO3S2/c1-2-24-20(23)21(10-12-25-19-7-4-3-5-8-19)9-6-11-22(17-21)18-15-26-13-14-27-16-18/h3-5,7-8,18H,2,6,9-17H2,1H3/t21-/m0/s1. The Morgan fingerprint density at radius 1 is 1.22 bits per heavy atom. The molecule has 2 aliphatic rings. The minimum Gasteiger partial charge on any atom is -0.494 e. The second kappa shape index (κ2) is 10.6. The summed E-state index contributed by atoms with van der Waals surface area (Å²) in [4.78, 5) is 15.5. The third-order valence-electron chi connectivity index (χ3n) is 5.42. The minimum atomic E-state index is -0.440. The summed E-state index contributed by atoms with van der Waals surface area (Å²) in [5.74, 6) is 5.64. The van der Waals surface area contributed by atoms with Gasteiger partial charge in [-0.1, -0.05) is 18.2 Å². The number of thioether (sulfide) groups is 2. The van der Waals surface area contributed by atoms with Crippen molar-refractivity contribution < 1.29 is 14.3 Å². The maximum atomic E-state index is 12.9. The maximum absolute atomic E-state index is 12.9. The Morgan fingerprint density at radius 2 is 1.96 bits per heavy atom. The third-order valence-corrected chi connectivity index (χ3v) is 7.90. The van der Waals surface area contributed by atoms with Gasteiger partial charge in [-0.05, 0) is 44.9 Å². The molecule has 2 fully saturated rings. The molecule has 2 aliphatic heterocycles. The number of para-hydroxylation sites is 1. The molecule has 0 unspecified atom stereocenters. The van der Waals surface area contributed by atoms with Gasteiger partial charge in [-0.25, -0.2) is 0 Å². The summed E-state index contributed by atoms with van der Waals surface area (Å²) < 4.78 is 11.4. The zero-order chi connectivity index (χ0) is 19.0. The van der Waals surface area contributed by atoms with E-state index in [1.54, 1.807) is 0 Å². The Morgan fingerprint density at radius 3 is 2.67 bits per heavy atom. The van der Waals surface area contributed by atoms with Crippen LogP contribution >= 0.6 is 23.5 Å². The minimum absolute atomic E-state index is 0.0414. The van der Waals surface area contributed by atoms with Gasteiger partial charge < -0.3 is 9.47 Å². The summed E-state index contributed by atoms with van der Waals surface area (Å²) >= 11 is 4.10. The number of likely N-dealkylation sites (tertiary alicyclic amines) is 1. The quantitative estimate of drug-likeness (QED) is 0.635. The molecular formula is C21H31NO3S2. The van der Waals surface area contributed by atoms with Crippen LogP contribution in [0.25, 0.3) is 0 Å². The first kappa shape index (κ1) is 20.9. The maximum Gasteiger partial charge on any atom is 0.313 e. The fourth-order valence-electron chi connectivity index (χ4n) is 3.93. The molecule has 0 aliphatic carbocycles. The summed E-state index contributed by atoms with van der Waals surface area (Å²) in [6, 6.07) is 10.4. The Kier molecular flexibility index (Phi) is 8.22. The number of benzene rings is 1. The molecule has 4 nitrogen and oxygen atoms in total. The second-order valence-corrected chi connectivity index (χ2v) is 9.59. The van der Waals surface area contributed by atoms with Crippen LogP contribution < -0.4 is 4.74 Å². The number of carbonyl (C=O) groups is 1. The van der Waals surface area contributed by atoms with Crippen molar-refractivity contribution >= 4 is 29.5 Å². The van der Waals surface area contributed by atoms with Crippen molar-refractivity contribution in [2.75, 3.05) is 49.3 Å². The van der Waals surface area contributed by atoms with E-state index in [4.69, 9.17) is 9.47 Å². The van der Waals surface area contributed by atoms with E-state index in [1.165, 1.54) is 23.0 Å². The van der Waals surface area contributed by atoms with E-state index < -0.39 is 5.41 Å². The van der Waals surface area contributed by atoms with Gasteiger partial charge in [0.05, 0.1) is 18.6 Å². The van der Waals surface area contributed by atoms with Crippen LogP contribution in [0.2, 0.25) is 0 Å².